The van der Waals surface area contributed by atoms with Gasteiger partial charge in [0.1, 0.15) is 0 Å². The van der Waals surface area contributed by atoms with Gasteiger partial charge in [0.25, 0.3) is 0 Å². The van der Waals surface area contributed by atoms with Gasteiger partial charge in [-0.15, -0.1) is 0 Å². The summed E-state index contributed by atoms with van der Waals surface area (Å²) in [4.78, 5) is 34.4. The van der Waals surface area contributed by atoms with Crippen LogP contribution in [0.5, 0.6) is 0 Å². The number of carbonyl (C=O) groups excluding carboxylic acids is 2. The molecule has 10 nitrogen and oxygen atoms in total. The summed E-state index contributed by atoms with van der Waals surface area (Å²) in [6, 6.07) is 15.8. The number of nitrogens with zero attached hydrogens (tertiary/aromatic N) is 4. The Bertz CT molecular complexity index is 1410. The number of para-hydroxylation sites is 4. The van der Waals surface area contributed by atoms with Crippen LogP contribution in [-0.2, 0) is 14.1 Å². The van der Waals surface area contributed by atoms with Crippen LogP contribution in [0.1, 0.15) is 57.8 Å². The number of anilines is 2. The lowest BCUT2D eigenvalue weighted by Crippen LogP contribution is -2.41. The van der Waals surface area contributed by atoms with Crippen molar-refractivity contribution in [2.24, 2.45) is 25.9 Å². The van der Waals surface area contributed by atoms with Gasteiger partial charge in [-0.2, -0.15) is 0 Å². The first-order chi connectivity index (χ1) is 19.9. The smallest absolute Gasteiger partial charge is 0.321 e. The number of rotatable bonds is 6. The number of hydrogen-bond acceptors (Lipinski definition) is 4. The number of aromatic nitrogens is 4. The third kappa shape index (κ3) is 6.16. The molecule has 2 saturated carbocycles. The molecule has 0 bridgehead atoms. The summed E-state index contributed by atoms with van der Waals surface area (Å²) in [6.07, 6.45) is 9.90. The molecular weight excluding hydrogens is 516 g/mol. The molecule has 4 aromatic rings. The molecule has 2 aromatic heterocycles. The zero-order chi connectivity index (χ0) is 28.3. The van der Waals surface area contributed by atoms with Gasteiger partial charge >= 0.3 is 12.1 Å². The first-order valence-corrected chi connectivity index (χ1v) is 14.9. The van der Waals surface area contributed by atoms with E-state index in [4.69, 9.17) is 0 Å². The fourth-order valence-electron chi connectivity index (χ4n) is 6.72. The summed E-state index contributed by atoms with van der Waals surface area (Å²) in [7, 11) is 3.83. The van der Waals surface area contributed by atoms with Gasteiger partial charge in [0.15, 0.2) is 0 Å². The molecule has 0 unspecified atom stereocenters. The summed E-state index contributed by atoms with van der Waals surface area (Å²) in [6.45, 7) is 0. The highest BCUT2D eigenvalue weighted by Crippen LogP contribution is 2.35. The van der Waals surface area contributed by atoms with Gasteiger partial charge in [0.05, 0.1) is 22.1 Å². The Morgan fingerprint density at radius 2 is 1.05 bits per heavy atom. The van der Waals surface area contributed by atoms with E-state index in [-0.39, 0.29) is 24.1 Å². The first kappa shape index (κ1) is 27.1. The second kappa shape index (κ2) is 11.8. The fourth-order valence-corrected chi connectivity index (χ4v) is 6.72. The lowest BCUT2D eigenvalue weighted by Gasteiger charge is -2.34. The Hall–Kier alpha value is -4.08. The second-order valence-corrected chi connectivity index (χ2v) is 11.8. The largest absolute Gasteiger partial charge is 0.335 e. The van der Waals surface area contributed by atoms with Gasteiger partial charge in [-0.25, -0.2) is 19.6 Å². The van der Waals surface area contributed by atoms with Crippen LogP contribution < -0.4 is 21.3 Å². The van der Waals surface area contributed by atoms with Crippen LogP contribution in [0.25, 0.3) is 22.1 Å². The fraction of sp³-hybridized carbons (Fsp3) is 0.484. The third-order valence-corrected chi connectivity index (χ3v) is 9.06. The molecule has 41 heavy (non-hydrogen) atoms. The Morgan fingerprint density at radius 3 is 1.44 bits per heavy atom. The maximum absolute atomic E-state index is 12.7. The number of fused-ring (bicyclic) bond motifs is 2. The van der Waals surface area contributed by atoms with Crippen molar-refractivity contribution < 1.29 is 9.59 Å². The van der Waals surface area contributed by atoms with Gasteiger partial charge in [0.2, 0.25) is 11.9 Å². The van der Waals surface area contributed by atoms with Crippen molar-refractivity contribution in [2.45, 2.75) is 69.9 Å². The van der Waals surface area contributed by atoms with Crippen molar-refractivity contribution in [3.8, 4) is 0 Å². The standard InChI is InChI=1S/C31H40N8O2/c1-38-26-9-5-3-7-24(26)34-28(38)36-30(40)32-22-15-11-20(12-16-22)19-21-13-17-23(18-14-21)33-31(41)37-29-35-25-8-4-6-10-27(25)39(29)2/h3-10,20-23H,11-19H2,1-2H3,(H2,32,34,36,40)(H2,33,35,37,41). The minimum atomic E-state index is -0.182. The van der Waals surface area contributed by atoms with Crippen molar-refractivity contribution in [3.05, 3.63) is 48.5 Å². The van der Waals surface area contributed by atoms with E-state index < -0.39 is 0 Å². The van der Waals surface area contributed by atoms with Crippen LogP contribution in [0.3, 0.4) is 0 Å². The molecule has 0 spiro atoms. The molecule has 2 fully saturated rings. The minimum absolute atomic E-state index is 0.182. The number of aryl methyl sites for hydroxylation is 2. The third-order valence-electron chi connectivity index (χ3n) is 9.06. The zero-order valence-corrected chi connectivity index (χ0v) is 23.9. The lowest BCUT2D eigenvalue weighted by molar-refractivity contribution is 0.203. The monoisotopic (exact) mass is 556 g/mol. The quantitative estimate of drug-likeness (QED) is 0.236. The first-order valence-electron chi connectivity index (χ1n) is 14.9. The summed E-state index contributed by atoms with van der Waals surface area (Å²) in [5.41, 5.74) is 3.73. The Morgan fingerprint density at radius 1 is 0.659 bits per heavy atom. The molecule has 2 aliphatic carbocycles. The van der Waals surface area contributed by atoms with Gasteiger partial charge in [0, 0.05) is 26.2 Å². The van der Waals surface area contributed by atoms with Crippen molar-refractivity contribution in [3.63, 3.8) is 0 Å². The predicted octanol–water partition coefficient (Wildman–Crippen LogP) is 5.91. The number of urea groups is 2. The van der Waals surface area contributed by atoms with Crippen LogP contribution in [0.2, 0.25) is 0 Å². The Balaban J connectivity index is 0.895. The van der Waals surface area contributed by atoms with E-state index in [0.29, 0.717) is 23.7 Å². The van der Waals surface area contributed by atoms with Gasteiger partial charge in [-0.3, -0.25) is 10.6 Å². The zero-order valence-electron chi connectivity index (χ0n) is 23.9. The highest BCUT2D eigenvalue weighted by molar-refractivity contribution is 5.91. The van der Waals surface area contributed by atoms with Crippen LogP contribution in [0.4, 0.5) is 21.5 Å². The van der Waals surface area contributed by atoms with E-state index in [2.05, 4.69) is 31.2 Å². The molecule has 0 saturated heterocycles. The van der Waals surface area contributed by atoms with E-state index in [1.807, 2.05) is 71.8 Å². The van der Waals surface area contributed by atoms with E-state index in [1.54, 1.807) is 0 Å². The van der Waals surface area contributed by atoms with Crippen molar-refractivity contribution in [2.75, 3.05) is 10.6 Å². The average molecular weight is 557 g/mol. The van der Waals surface area contributed by atoms with Crippen molar-refractivity contribution >= 4 is 46.0 Å². The summed E-state index contributed by atoms with van der Waals surface area (Å²) >= 11 is 0. The molecule has 4 N–H and O–H groups in total. The number of carbonyl (C=O) groups is 2. The Labute approximate surface area is 240 Å². The van der Waals surface area contributed by atoms with Gasteiger partial charge < -0.3 is 19.8 Å². The molecule has 4 amide bonds. The number of benzene rings is 2. The number of imidazole rings is 2. The van der Waals surface area contributed by atoms with Crippen molar-refractivity contribution in [1.29, 1.82) is 0 Å². The molecule has 0 atom stereocenters. The van der Waals surface area contributed by atoms with Crippen LogP contribution in [0, 0.1) is 11.8 Å². The molecule has 2 aromatic carbocycles. The van der Waals surface area contributed by atoms with E-state index in [9.17, 15) is 9.59 Å². The molecule has 0 radical (unpaired) electrons. The van der Waals surface area contributed by atoms with Crippen molar-refractivity contribution in [1.82, 2.24) is 29.7 Å². The maximum atomic E-state index is 12.7. The SMILES string of the molecule is Cn1c(NC(=O)NC2CCC(CC3CCC(NC(=O)Nc4nc5ccccc5n4C)CC3)CC2)nc2ccccc21. The molecule has 216 valence electrons. The van der Waals surface area contributed by atoms with Crippen LogP contribution >= 0.6 is 0 Å². The second-order valence-electron chi connectivity index (χ2n) is 11.8. The number of nitrogens with one attached hydrogen (secondary N) is 4. The van der Waals surface area contributed by atoms with E-state index in [0.717, 1.165) is 73.4 Å². The van der Waals surface area contributed by atoms with Crippen LogP contribution in [-0.4, -0.2) is 43.2 Å². The maximum Gasteiger partial charge on any atom is 0.321 e. The number of hydrogen-bond donors (Lipinski definition) is 4. The molecule has 2 aliphatic rings. The highest BCUT2D eigenvalue weighted by Gasteiger charge is 2.28. The number of amides is 4. The molecule has 10 heteroatoms. The molecule has 2 heterocycles. The topological polar surface area (TPSA) is 118 Å². The lowest BCUT2D eigenvalue weighted by atomic mass is 9.75. The molecular formula is C31H40N8O2. The molecule has 6 rings (SSSR count). The minimum Gasteiger partial charge on any atom is -0.335 e. The predicted molar refractivity (Wildman–Crippen MR) is 162 cm³/mol. The van der Waals surface area contributed by atoms with Gasteiger partial charge in [-0.05, 0) is 93.9 Å². The summed E-state index contributed by atoms with van der Waals surface area (Å²) in [5, 5.41) is 12.2. The summed E-state index contributed by atoms with van der Waals surface area (Å²) in [5.74, 6) is 2.55. The summed E-state index contributed by atoms with van der Waals surface area (Å²) < 4.78 is 3.81. The van der Waals surface area contributed by atoms with Crippen LogP contribution in [0.15, 0.2) is 48.5 Å². The Kier molecular flexibility index (Phi) is 7.80. The van der Waals surface area contributed by atoms with E-state index >= 15 is 0 Å². The highest BCUT2D eigenvalue weighted by atomic mass is 16.2. The normalized spacial score (nSPS) is 22.9. The molecule has 0 aliphatic heterocycles. The van der Waals surface area contributed by atoms with E-state index in [1.165, 1.54) is 6.42 Å². The average Bonchev–Trinajstić information content (AvgIpc) is 3.46. The van der Waals surface area contributed by atoms with Gasteiger partial charge in [-0.1, -0.05) is 24.3 Å².